The van der Waals surface area contributed by atoms with Gasteiger partial charge in [0.05, 0.1) is 6.54 Å². The monoisotopic (exact) mass is 284 g/mol. The average molecular weight is 284 g/mol. The number of halogens is 1. The zero-order valence-electron chi connectivity index (χ0n) is 11.0. The Labute approximate surface area is 116 Å². The Morgan fingerprint density at radius 3 is 2.79 bits per heavy atom. The molecule has 0 aliphatic rings. The van der Waals surface area contributed by atoms with Gasteiger partial charge in [0.25, 0.3) is 0 Å². The number of carbonyl (C=O) groups is 2. The van der Waals surface area contributed by atoms with Gasteiger partial charge in [-0.25, -0.2) is 4.39 Å². The first-order valence-corrected chi connectivity index (χ1v) is 7.20. The molecule has 0 radical (unpaired) electrons. The van der Waals surface area contributed by atoms with Crippen molar-refractivity contribution >= 4 is 29.3 Å². The van der Waals surface area contributed by atoms with E-state index in [4.69, 9.17) is 0 Å². The van der Waals surface area contributed by atoms with E-state index in [2.05, 4.69) is 5.32 Å². The lowest BCUT2D eigenvalue weighted by atomic mass is 10.3. The molecule has 1 N–H and O–H groups in total. The number of nitrogens with zero attached hydrogens (tertiary/aromatic N) is 1. The molecule has 0 heterocycles. The van der Waals surface area contributed by atoms with Crippen molar-refractivity contribution < 1.29 is 14.0 Å². The molecule has 0 spiro atoms. The molecule has 0 aliphatic carbocycles. The number of amides is 2. The van der Waals surface area contributed by atoms with Crippen molar-refractivity contribution in [3.8, 4) is 0 Å². The smallest absolute Gasteiger partial charge is 0.243 e. The lowest BCUT2D eigenvalue weighted by molar-refractivity contribution is -0.132. The van der Waals surface area contributed by atoms with E-state index in [9.17, 15) is 14.0 Å². The molecule has 0 saturated carbocycles. The summed E-state index contributed by atoms with van der Waals surface area (Å²) in [5, 5.41) is 2.55. The fourth-order valence-corrected chi connectivity index (χ4v) is 1.83. The van der Waals surface area contributed by atoms with Crippen molar-refractivity contribution in [2.45, 2.75) is 6.42 Å². The van der Waals surface area contributed by atoms with Gasteiger partial charge in [-0.2, -0.15) is 11.8 Å². The van der Waals surface area contributed by atoms with E-state index in [1.807, 2.05) is 6.26 Å². The Bertz CT molecular complexity index is 454. The highest BCUT2D eigenvalue weighted by Gasteiger charge is 2.12. The quantitative estimate of drug-likeness (QED) is 0.869. The van der Waals surface area contributed by atoms with Crippen molar-refractivity contribution in [3.05, 3.63) is 30.1 Å². The van der Waals surface area contributed by atoms with Gasteiger partial charge in [-0.05, 0) is 24.5 Å². The van der Waals surface area contributed by atoms with Crippen LogP contribution in [0.25, 0.3) is 0 Å². The molecule has 1 rings (SSSR count). The number of hydrogen-bond donors (Lipinski definition) is 1. The van der Waals surface area contributed by atoms with E-state index in [0.29, 0.717) is 12.1 Å². The normalized spacial score (nSPS) is 10.1. The highest BCUT2D eigenvalue weighted by molar-refractivity contribution is 7.98. The second kappa shape index (κ2) is 7.78. The van der Waals surface area contributed by atoms with Crippen molar-refractivity contribution in [2.75, 3.05) is 30.9 Å². The first kappa shape index (κ1) is 15.5. The Hall–Kier alpha value is -1.56. The molecule has 1 aromatic carbocycles. The number of anilines is 1. The summed E-state index contributed by atoms with van der Waals surface area (Å²) in [6.07, 6.45) is 2.33. The molecule has 0 atom stereocenters. The standard InChI is InChI=1S/C13H17FN2O2S/c1-16(13(18)6-7-19-2)9-12(17)15-11-5-3-4-10(14)8-11/h3-5,8H,6-7,9H2,1-2H3,(H,15,17). The predicted octanol–water partition coefficient (Wildman–Crippen LogP) is 1.98. The summed E-state index contributed by atoms with van der Waals surface area (Å²) in [6.45, 7) is -0.0380. The van der Waals surface area contributed by atoms with Gasteiger partial charge < -0.3 is 10.2 Å². The number of nitrogens with one attached hydrogen (secondary N) is 1. The number of hydrogen-bond acceptors (Lipinski definition) is 3. The lowest BCUT2D eigenvalue weighted by Gasteiger charge is -2.16. The van der Waals surface area contributed by atoms with Gasteiger partial charge in [0.2, 0.25) is 11.8 Å². The Balaban J connectivity index is 2.44. The number of thioether (sulfide) groups is 1. The minimum absolute atomic E-state index is 0.0380. The molecule has 6 heteroatoms. The minimum Gasteiger partial charge on any atom is -0.336 e. The van der Waals surface area contributed by atoms with Gasteiger partial charge in [0.1, 0.15) is 5.82 Å². The lowest BCUT2D eigenvalue weighted by Crippen LogP contribution is -2.35. The van der Waals surface area contributed by atoms with Crippen LogP contribution in [0, 0.1) is 5.82 Å². The summed E-state index contributed by atoms with van der Waals surface area (Å²) in [7, 11) is 1.58. The van der Waals surface area contributed by atoms with Gasteiger partial charge in [-0.15, -0.1) is 0 Å². The van der Waals surface area contributed by atoms with Crippen LogP contribution < -0.4 is 5.32 Å². The fraction of sp³-hybridized carbons (Fsp3) is 0.385. The van der Waals surface area contributed by atoms with Crippen LogP contribution in [0.1, 0.15) is 6.42 Å². The van der Waals surface area contributed by atoms with Gasteiger partial charge in [0.15, 0.2) is 0 Å². The molecule has 2 amide bonds. The molecular weight excluding hydrogens is 267 g/mol. The van der Waals surface area contributed by atoms with Crippen LogP contribution in [-0.2, 0) is 9.59 Å². The van der Waals surface area contributed by atoms with E-state index < -0.39 is 5.82 Å². The van der Waals surface area contributed by atoms with E-state index >= 15 is 0 Å². The van der Waals surface area contributed by atoms with Crippen LogP contribution in [0.4, 0.5) is 10.1 Å². The zero-order valence-corrected chi connectivity index (χ0v) is 11.8. The van der Waals surface area contributed by atoms with E-state index in [1.54, 1.807) is 24.9 Å². The summed E-state index contributed by atoms with van der Waals surface area (Å²) in [4.78, 5) is 24.7. The van der Waals surface area contributed by atoms with Crippen molar-refractivity contribution in [2.24, 2.45) is 0 Å². The molecule has 0 bridgehead atoms. The first-order chi connectivity index (χ1) is 9.02. The molecule has 19 heavy (non-hydrogen) atoms. The zero-order chi connectivity index (χ0) is 14.3. The van der Waals surface area contributed by atoms with Gasteiger partial charge in [-0.1, -0.05) is 6.07 Å². The average Bonchev–Trinajstić information content (AvgIpc) is 2.35. The topological polar surface area (TPSA) is 49.4 Å². The van der Waals surface area contributed by atoms with Crippen molar-refractivity contribution in [1.29, 1.82) is 0 Å². The number of carbonyl (C=O) groups excluding carboxylic acids is 2. The van der Waals surface area contributed by atoms with Crippen LogP contribution in [0.15, 0.2) is 24.3 Å². The maximum absolute atomic E-state index is 12.9. The fourth-order valence-electron chi connectivity index (χ4n) is 1.45. The third kappa shape index (κ3) is 5.74. The number of rotatable bonds is 6. The number of likely N-dealkylation sites (N-methyl/N-ethyl adjacent to an activating group) is 1. The molecule has 1 aromatic rings. The van der Waals surface area contributed by atoms with Gasteiger partial charge in [0, 0.05) is 24.9 Å². The second-order valence-electron chi connectivity index (χ2n) is 4.05. The highest BCUT2D eigenvalue weighted by Crippen LogP contribution is 2.09. The molecule has 4 nitrogen and oxygen atoms in total. The van der Waals surface area contributed by atoms with E-state index in [1.165, 1.54) is 23.1 Å². The molecule has 0 fully saturated rings. The Morgan fingerprint density at radius 1 is 1.42 bits per heavy atom. The van der Waals surface area contributed by atoms with Gasteiger partial charge >= 0.3 is 0 Å². The summed E-state index contributed by atoms with van der Waals surface area (Å²) in [6, 6.07) is 5.63. The third-order valence-electron chi connectivity index (χ3n) is 2.43. The first-order valence-electron chi connectivity index (χ1n) is 5.81. The summed E-state index contributed by atoms with van der Waals surface area (Å²) in [5.41, 5.74) is 0.384. The van der Waals surface area contributed by atoms with Crippen LogP contribution in [0.5, 0.6) is 0 Å². The van der Waals surface area contributed by atoms with Crippen LogP contribution in [-0.4, -0.2) is 42.3 Å². The van der Waals surface area contributed by atoms with E-state index in [0.717, 1.165) is 5.75 Å². The summed E-state index contributed by atoms with van der Waals surface area (Å²) < 4.78 is 12.9. The largest absolute Gasteiger partial charge is 0.336 e. The van der Waals surface area contributed by atoms with Gasteiger partial charge in [-0.3, -0.25) is 9.59 Å². The van der Waals surface area contributed by atoms with Crippen molar-refractivity contribution in [1.82, 2.24) is 4.90 Å². The molecule has 0 saturated heterocycles. The summed E-state index contributed by atoms with van der Waals surface area (Å²) in [5.74, 6) is -0.106. The van der Waals surface area contributed by atoms with Crippen LogP contribution >= 0.6 is 11.8 Å². The van der Waals surface area contributed by atoms with Crippen LogP contribution in [0.3, 0.4) is 0 Å². The molecule has 0 aromatic heterocycles. The molecule has 104 valence electrons. The molecule has 0 unspecified atom stereocenters. The second-order valence-corrected chi connectivity index (χ2v) is 5.04. The maximum atomic E-state index is 12.9. The van der Waals surface area contributed by atoms with E-state index in [-0.39, 0.29) is 18.4 Å². The molecule has 0 aliphatic heterocycles. The maximum Gasteiger partial charge on any atom is 0.243 e. The molecular formula is C13H17FN2O2S. The highest BCUT2D eigenvalue weighted by atomic mass is 32.2. The van der Waals surface area contributed by atoms with Crippen LogP contribution in [0.2, 0.25) is 0 Å². The van der Waals surface area contributed by atoms with Crippen molar-refractivity contribution in [3.63, 3.8) is 0 Å². The summed E-state index contributed by atoms with van der Waals surface area (Å²) >= 11 is 1.58. The Morgan fingerprint density at radius 2 is 2.16 bits per heavy atom. The Kier molecular flexibility index (Phi) is 6.35. The predicted molar refractivity (Wildman–Crippen MR) is 75.7 cm³/mol. The minimum atomic E-state index is -0.415. The SMILES string of the molecule is CSCCC(=O)N(C)CC(=O)Nc1cccc(F)c1. The number of benzene rings is 1. The third-order valence-corrected chi connectivity index (χ3v) is 3.05.